The van der Waals surface area contributed by atoms with Gasteiger partial charge < -0.3 is 10.2 Å². The lowest BCUT2D eigenvalue weighted by Gasteiger charge is -2.33. The van der Waals surface area contributed by atoms with Gasteiger partial charge >= 0.3 is 0 Å². The molecule has 1 aliphatic rings. The van der Waals surface area contributed by atoms with Crippen molar-refractivity contribution in [3.05, 3.63) is 29.6 Å². The average molecular weight is 261 g/mol. The molecule has 0 aromatic carbocycles. The Balaban J connectivity index is 1.77. The first-order valence-corrected chi connectivity index (χ1v) is 7.71. The van der Waals surface area contributed by atoms with Crippen LogP contribution in [0, 0.1) is 0 Å². The molecule has 19 heavy (non-hydrogen) atoms. The number of hydrogen-bond acceptors (Lipinski definition) is 3. The highest BCUT2D eigenvalue weighted by molar-refractivity contribution is 5.13. The standard InChI is InChI=1S/C16H27N3/c1-3-9-19-10-5-6-16(13-19)18-12-15-8-7-14(4-2)11-17-15/h7-8,11,16,18H,3-6,9-10,12-13H2,1-2H3. The van der Waals surface area contributed by atoms with Crippen LogP contribution in [0.25, 0.3) is 0 Å². The van der Waals surface area contributed by atoms with E-state index in [0.717, 1.165) is 18.7 Å². The lowest BCUT2D eigenvalue weighted by molar-refractivity contribution is 0.190. The van der Waals surface area contributed by atoms with Crippen molar-refractivity contribution in [2.75, 3.05) is 19.6 Å². The van der Waals surface area contributed by atoms with Gasteiger partial charge in [0, 0.05) is 25.3 Å². The molecule has 1 saturated heterocycles. The molecule has 3 nitrogen and oxygen atoms in total. The maximum Gasteiger partial charge on any atom is 0.0541 e. The maximum absolute atomic E-state index is 4.51. The van der Waals surface area contributed by atoms with Gasteiger partial charge in [0.1, 0.15) is 0 Å². The predicted molar refractivity (Wildman–Crippen MR) is 80.2 cm³/mol. The summed E-state index contributed by atoms with van der Waals surface area (Å²) in [6, 6.07) is 4.97. The van der Waals surface area contributed by atoms with Gasteiger partial charge in [0.25, 0.3) is 0 Å². The first-order chi connectivity index (χ1) is 9.31. The molecule has 0 radical (unpaired) electrons. The average Bonchev–Trinajstić information content (AvgIpc) is 2.46. The zero-order valence-electron chi connectivity index (χ0n) is 12.4. The van der Waals surface area contributed by atoms with Gasteiger partial charge in [-0.15, -0.1) is 0 Å². The molecular weight excluding hydrogens is 234 g/mol. The van der Waals surface area contributed by atoms with Gasteiger partial charge in [0.05, 0.1) is 5.69 Å². The third-order valence-electron chi connectivity index (χ3n) is 3.91. The smallest absolute Gasteiger partial charge is 0.0541 e. The summed E-state index contributed by atoms with van der Waals surface area (Å²) in [5, 5.41) is 3.66. The molecule has 0 amide bonds. The Morgan fingerprint density at radius 1 is 1.37 bits per heavy atom. The third kappa shape index (κ3) is 4.59. The van der Waals surface area contributed by atoms with Crippen LogP contribution in [-0.2, 0) is 13.0 Å². The summed E-state index contributed by atoms with van der Waals surface area (Å²) in [7, 11) is 0. The fourth-order valence-corrected chi connectivity index (χ4v) is 2.76. The molecule has 0 spiro atoms. The first kappa shape index (κ1) is 14.5. The lowest BCUT2D eigenvalue weighted by atomic mass is 10.1. The Morgan fingerprint density at radius 3 is 2.95 bits per heavy atom. The molecule has 0 saturated carbocycles. The molecule has 1 fully saturated rings. The van der Waals surface area contributed by atoms with Crippen molar-refractivity contribution in [1.29, 1.82) is 0 Å². The minimum atomic E-state index is 0.632. The highest BCUT2D eigenvalue weighted by Gasteiger charge is 2.18. The molecule has 1 N–H and O–H groups in total. The van der Waals surface area contributed by atoms with Gasteiger partial charge in [-0.25, -0.2) is 0 Å². The largest absolute Gasteiger partial charge is 0.307 e. The molecule has 1 atom stereocenters. The normalized spacial score (nSPS) is 20.6. The second kappa shape index (κ2) is 7.61. The second-order valence-electron chi connectivity index (χ2n) is 5.53. The van der Waals surface area contributed by atoms with Crippen molar-refractivity contribution in [2.24, 2.45) is 0 Å². The quantitative estimate of drug-likeness (QED) is 0.853. The highest BCUT2D eigenvalue weighted by atomic mass is 15.2. The number of likely N-dealkylation sites (tertiary alicyclic amines) is 1. The number of nitrogens with one attached hydrogen (secondary N) is 1. The molecule has 3 heteroatoms. The molecule has 2 heterocycles. The number of piperidine rings is 1. The summed E-state index contributed by atoms with van der Waals surface area (Å²) in [5.41, 5.74) is 2.47. The summed E-state index contributed by atoms with van der Waals surface area (Å²) < 4.78 is 0. The summed E-state index contributed by atoms with van der Waals surface area (Å²) in [5.74, 6) is 0. The van der Waals surface area contributed by atoms with Crippen LogP contribution in [0.4, 0.5) is 0 Å². The number of rotatable bonds is 6. The van der Waals surface area contributed by atoms with Gasteiger partial charge in [0.2, 0.25) is 0 Å². The maximum atomic E-state index is 4.51. The minimum Gasteiger partial charge on any atom is -0.307 e. The molecule has 1 aromatic heterocycles. The van der Waals surface area contributed by atoms with E-state index in [1.807, 2.05) is 6.20 Å². The minimum absolute atomic E-state index is 0.632. The fourth-order valence-electron chi connectivity index (χ4n) is 2.76. The van der Waals surface area contributed by atoms with Crippen LogP contribution in [-0.4, -0.2) is 35.6 Å². The van der Waals surface area contributed by atoms with Crippen molar-refractivity contribution in [1.82, 2.24) is 15.2 Å². The fraction of sp³-hybridized carbons (Fsp3) is 0.688. The number of aromatic nitrogens is 1. The van der Waals surface area contributed by atoms with Gasteiger partial charge in [-0.3, -0.25) is 4.98 Å². The number of pyridine rings is 1. The third-order valence-corrected chi connectivity index (χ3v) is 3.91. The summed E-state index contributed by atoms with van der Waals surface area (Å²) in [4.78, 5) is 7.09. The lowest BCUT2D eigenvalue weighted by Crippen LogP contribution is -2.45. The number of nitrogens with zero attached hydrogens (tertiary/aromatic N) is 2. The van der Waals surface area contributed by atoms with Crippen LogP contribution < -0.4 is 5.32 Å². The van der Waals surface area contributed by atoms with Gasteiger partial charge in [-0.2, -0.15) is 0 Å². The van der Waals surface area contributed by atoms with E-state index >= 15 is 0 Å². The van der Waals surface area contributed by atoms with Gasteiger partial charge in [-0.1, -0.05) is 19.9 Å². The van der Waals surface area contributed by atoms with E-state index < -0.39 is 0 Å². The molecule has 1 aromatic rings. The van der Waals surface area contributed by atoms with Crippen molar-refractivity contribution in [3.63, 3.8) is 0 Å². The van der Waals surface area contributed by atoms with E-state index in [1.165, 1.54) is 44.5 Å². The van der Waals surface area contributed by atoms with Crippen LogP contribution in [0.3, 0.4) is 0 Å². The van der Waals surface area contributed by atoms with E-state index in [9.17, 15) is 0 Å². The second-order valence-corrected chi connectivity index (χ2v) is 5.53. The molecule has 2 rings (SSSR count). The van der Waals surface area contributed by atoms with E-state index in [1.54, 1.807) is 0 Å². The molecule has 1 aliphatic heterocycles. The number of aryl methyl sites for hydroxylation is 1. The van der Waals surface area contributed by atoms with Crippen LogP contribution >= 0.6 is 0 Å². The molecule has 1 unspecified atom stereocenters. The van der Waals surface area contributed by atoms with E-state index in [4.69, 9.17) is 0 Å². The number of hydrogen-bond donors (Lipinski definition) is 1. The Morgan fingerprint density at radius 2 is 2.26 bits per heavy atom. The van der Waals surface area contributed by atoms with Crippen LogP contribution in [0.2, 0.25) is 0 Å². The molecule has 0 bridgehead atoms. The highest BCUT2D eigenvalue weighted by Crippen LogP contribution is 2.11. The van der Waals surface area contributed by atoms with Crippen molar-refractivity contribution in [3.8, 4) is 0 Å². The summed E-state index contributed by atoms with van der Waals surface area (Å²) >= 11 is 0. The van der Waals surface area contributed by atoms with Crippen molar-refractivity contribution in [2.45, 2.75) is 52.1 Å². The van der Waals surface area contributed by atoms with Gasteiger partial charge in [0.15, 0.2) is 0 Å². The Hall–Kier alpha value is -0.930. The molecule has 106 valence electrons. The molecule has 0 aliphatic carbocycles. The van der Waals surface area contributed by atoms with Crippen LogP contribution in [0.1, 0.15) is 44.4 Å². The predicted octanol–water partition coefficient (Wildman–Crippen LogP) is 2.61. The van der Waals surface area contributed by atoms with Crippen molar-refractivity contribution >= 4 is 0 Å². The van der Waals surface area contributed by atoms with Crippen LogP contribution in [0.5, 0.6) is 0 Å². The topological polar surface area (TPSA) is 28.2 Å². The Bertz CT molecular complexity index is 359. The van der Waals surface area contributed by atoms with Crippen LogP contribution in [0.15, 0.2) is 18.3 Å². The zero-order chi connectivity index (χ0) is 13.5. The van der Waals surface area contributed by atoms with E-state index in [2.05, 4.69) is 41.2 Å². The first-order valence-electron chi connectivity index (χ1n) is 7.71. The Kier molecular flexibility index (Phi) is 5.80. The van der Waals surface area contributed by atoms with Crippen molar-refractivity contribution < 1.29 is 0 Å². The molecular formula is C16H27N3. The zero-order valence-corrected chi connectivity index (χ0v) is 12.4. The monoisotopic (exact) mass is 261 g/mol. The van der Waals surface area contributed by atoms with E-state index in [-0.39, 0.29) is 0 Å². The van der Waals surface area contributed by atoms with E-state index in [0.29, 0.717) is 6.04 Å². The SMILES string of the molecule is CCCN1CCCC(NCc2ccc(CC)cn2)C1. The summed E-state index contributed by atoms with van der Waals surface area (Å²) in [6.07, 6.45) is 6.94. The Labute approximate surface area is 117 Å². The van der Waals surface area contributed by atoms with Gasteiger partial charge in [-0.05, 0) is 50.4 Å². The summed E-state index contributed by atoms with van der Waals surface area (Å²) in [6.45, 7) is 9.03.